The van der Waals surface area contributed by atoms with Gasteiger partial charge in [-0.25, -0.2) is 0 Å². The fourth-order valence-corrected chi connectivity index (χ4v) is 1.61. The van der Waals surface area contributed by atoms with Crippen molar-refractivity contribution < 1.29 is 14.6 Å². The molecule has 0 aromatic heterocycles. The SMILES string of the molecule is O=C(O)CCCC#CCC#CCC#CCC#CCOc1ccccc1. The molecule has 0 atom stereocenters. The van der Waals surface area contributed by atoms with Gasteiger partial charge in [-0.2, -0.15) is 0 Å². The first kappa shape index (κ1) is 19.8. The van der Waals surface area contributed by atoms with Crippen molar-refractivity contribution in [1.82, 2.24) is 0 Å². The molecule has 0 heterocycles. The minimum absolute atomic E-state index is 0.164. The molecule has 1 N–H and O–H groups in total. The Morgan fingerprint density at radius 2 is 1.40 bits per heavy atom. The second-order valence-corrected chi connectivity index (χ2v) is 4.79. The van der Waals surface area contributed by atoms with Crippen LogP contribution >= 0.6 is 0 Å². The summed E-state index contributed by atoms with van der Waals surface area (Å²) < 4.78 is 5.44. The van der Waals surface area contributed by atoms with Gasteiger partial charge in [-0.3, -0.25) is 4.79 Å². The van der Waals surface area contributed by atoms with Crippen LogP contribution in [0.1, 0.15) is 38.5 Å². The third-order valence-electron chi connectivity index (χ3n) is 2.78. The van der Waals surface area contributed by atoms with Crippen LogP contribution in [0.3, 0.4) is 0 Å². The Balaban J connectivity index is 2.06. The van der Waals surface area contributed by atoms with Crippen LogP contribution in [0.25, 0.3) is 0 Å². The highest BCUT2D eigenvalue weighted by molar-refractivity contribution is 5.66. The fraction of sp³-hybridized carbons (Fsp3) is 0.318. The molecule has 0 amide bonds. The number of rotatable bonds is 5. The summed E-state index contributed by atoms with van der Waals surface area (Å²) in [7, 11) is 0. The molecule has 0 aliphatic carbocycles. The Kier molecular flexibility index (Phi) is 11.3. The van der Waals surface area contributed by atoms with Gasteiger partial charge in [0.1, 0.15) is 12.4 Å². The summed E-state index contributed by atoms with van der Waals surface area (Å²) in [6.45, 7) is 0.358. The highest BCUT2D eigenvalue weighted by Crippen LogP contribution is 2.07. The average molecular weight is 332 g/mol. The van der Waals surface area contributed by atoms with E-state index in [1.54, 1.807) is 0 Å². The van der Waals surface area contributed by atoms with Gasteiger partial charge in [0.15, 0.2) is 0 Å². The topological polar surface area (TPSA) is 46.5 Å². The lowest BCUT2D eigenvalue weighted by Gasteiger charge is -1.99. The van der Waals surface area contributed by atoms with E-state index in [9.17, 15) is 4.79 Å². The van der Waals surface area contributed by atoms with Crippen molar-refractivity contribution in [3.8, 4) is 53.1 Å². The fourth-order valence-electron chi connectivity index (χ4n) is 1.61. The smallest absolute Gasteiger partial charge is 0.303 e. The summed E-state index contributed by atoms with van der Waals surface area (Å²) in [5.41, 5.74) is 0. The normalized spacial score (nSPS) is 8.16. The summed E-state index contributed by atoms with van der Waals surface area (Å²) >= 11 is 0. The van der Waals surface area contributed by atoms with E-state index in [4.69, 9.17) is 9.84 Å². The molecular weight excluding hydrogens is 312 g/mol. The average Bonchev–Trinajstić information content (AvgIpc) is 2.62. The maximum atomic E-state index is 10.3. The molecule has 0 saturated carbocycles. The number of hydrogen-bond donors (Lipinski definition) is 1. The predicted molar refractivity (Wildman–Crippen MR) is 98.4 cm³/mol. The molecule has 0 fully saturated rings. The van der Waals surface area contributed by atoms with E-state index in [1.807, 2.05) is 30.3 Å². The molecule has 126 valence electrons. The largest absolute Gasteiger partial charge is 0.481 e. The molecule has 1 aromatic rings. The van der Waals surface area contributed by atoms with E-state index in [-0.39, 0.29) is 6.42 Å². The van der Waals surface area contributed by atoms with Crippen molar-refractivity contribution in [2.45, 2.75) is 38.5 Å². The Hall–Kier alpha value is -3.27. The summed E-state index contributed by atoms with van der Waals surface area (Å²) in [5.74, 6) is 23.4. The monoisotopic (exact) mass is 332 g/mol. The highest BCUT2D eigenvalue weighted by atomic mass is 16.5. The van der Waals surface area contributed by atoms with Crippen LogP contribution in [0.4, 0.5) is 0 Å². The van der Waals surface area contributed by atoms with Crippen LogP contribution in [0.15, 0.2) is 30.3 Å². The van der Waals surface area contributed by atoms with Gasteiger partial charge in [0, 0.05) is 12.8 Å². The molecule has 3 nitrogen and oxygen atoms in total. The molecule has 0 radical (unpaired) electrons. The first-order valence-corrected chi connectivity index (χ1v) is 8.01. The molecule has 0 aliphatic rings. The third-order valence-corrected chi connectivity index (χ3v) is 2.78. The number of aliphatic carboxylic acids is 1. The van der Waals surface area contributed by atoms with Crippen LogP contribution in [0, 0.1) is 47.4 Å². The highest BCUT2D eigenvalue weighted by Gasteiger charge is 1.92. The van der Waals surface area contributed by atoms with Gasteiger partial charge in [0.2, 0.25) is 0 Å². The molecule has 0 spiro atoms. The predicted octanol–water partition coefficient (Wildman–Crippen LogP) is 3.50. The standard InChI is InChI=1S/C22H20O3/c23-22(24)19-15-10-8-6-4-2-1-3-5-7-9-11-16-20-25-21-17-13-12-14-18-21/h12-14,17-18H,3-4,9-10,15,19-20H2,(H,23,24). The lowest BCUT2D eigenvalue weighted by atomic mass is 10.2. The minimum atomic E-state index is -0.784. The minimum Gasteiger partial charge on any atom is -0.481 e. The van der Waals surface area contributed by atoms with E-state index in [1.165, 1.54) is 0 Å². The zero-order valence-electron chi connectivity index (χ0n) is 14.1. The number of unbranched alkanes of at least 4 members (excludes halogenated alkanes) is 1. The third kappa shape index (κ3) is 12.9. The van der Waals surface area contributed by atoms with E-state index in [0.717, 1.165) is 5.75 Å². The van der Waals surface area contributed by atoms with E-state index >= 15 is 0 Å². The van der Waals surface area contributed by atoms with Gasteiger partial charge in [-0.1, -0.05) is 59.6 Å². The van der Waals surface area contributed by atoms with Crippen LogP contribution < -0.4 is 4.74 Å². The zero-order valence-corrected chi connectivity index (χ0v) is 14.1. The first-order valence-electron chi connectivity index (χ1n) is 8.01. The Bertz CT molecular complexity index is 763. The van der Waals surface area contributed by atoms with Crippen molar-refractivity contribution in [1.29, 1.82) is 0 Å². The van der Waals surface area contributed by atoms with Gasteiger partial charge in [0.05, 0.1) is 19.3 Å². The van der Waals surface area contributed by atoms with Crippen molar-refractivity contribution in [3.63, 3.8) is 0 Å². The number of ether oxygens (including phenoxy) is 1. The van der Waals surface area contributed by atoms with Gasteiger partial charge in [0.25, 0.3) is 0 Å². The maximum absolute atomic E-state index is 10.3. The second-order valence-electron chi connectivity index (χ2n) is 4.79. The summed E-state index contributed by atoms with van der Waals surface area (Å²) in [6, 6.07) is 9.55. The van der Waals surface area contributed by atoms with Crippen molar-refractivity contribution in [3.05, 3.63) is 30.3 Å². The molecule has 25 heavy (non-hydrogen) atoms. The number of hydrogen-bond acceptors (Lipinski definition) is 2. The van der Waals surface area contributed by atoms with Crippen molar-refractivity contribution >= 4 is 5.97 Å². The Labute approximate surface area is 149 Å². The van der Waals surface area contributed by atoms with Gasteiger partial charge >= 0.3 is 5.97 Å². The van der Waals surface area contributed by atoms with Crippen LogP contribution in [0.2, 0.25) is 0 Å². The van der Waals surface area contributed by atoms with E-state index < -0.39 is 5.97 Å². The van der Waals surface area contributed by atoms with E-state index in [0.29, 0.717) is 38.7 Å². The van der Waals surface area contributed by atoms with E-state index in [2.05, 4.69) is 47.4 Å². The van der Waals surface area contributed by atoms with Crippen LogP contribution in [0.5, 0.6) is 5.75 Å². The number of carboxylic acid groups (broad SMARTS) is 1. The molecular formula is C22H20O3. The van der Waals surface area contributed by atoms with Gasteiger partial charge < -0.3 is 9.84 Å². The van der Waals surface area contributed by atoms with Crippen LogP contribution in [-0.4, -0.2) is 17.7 Å². The van der Waals surface area contributed by atoms with Gasteiger partial charge in [-0.05, 0) is 18.6 Å². The molecule has 0 unspecified atom stereocenters. The Morgan fingerprint density at radius 1 is 0.840 bits per heavy atom. The van der Waals surface area contributed by atoms with Crippen molar-refractivity contribution in [2.75, 3.05) is 6.61 Å². The maximum Gasteiger partial charge on any atom is 0.303 e. The summed E-state index contributed by atoms with van der Waals surface area (Å²) in [6.07, 6.45) is 2.84. The second kappa shape index (κ2) is 14.3. The molecule has 0 bridgehead atoms. The number of para-hydroxylation sites is 1. The molecule has 1 aromatic carbocycles. The van der Waals surface area contributed by atoms with Gasteiger partial charge in [-0.15, -0.1) is 5.92 Å². The summed E-state index contributed by atoms with van der Waals surface area (Å²) in [4.78, 5) is 10.3. The molecule has 1 rings (SSSR count). The Morgan fingerprint density at radius 3 is 2.00 bits per heavy atom. The lowest BCUT2D eigenvalue weighted by Crippen LogP contribution is -1.92. The first-order chi connectivity index (χ1) is 12.3. The molecule has 0 aliphatic heterocycles. The number of carboxylic acids is 1. The quantitative estimate of drug-likeness (QED) is 0.663. The number of carbonyl (C=O) groups is 1. The summed E-state index contributed by atoms with van der Waals surface area (Å²) in [5, 5.41) is 8.47. The number of benzene rings is 1. The zero-order chi connectivity index (χ0) is 18.0. The molecule has 0 saturated heterocycles. The molecule has 3 heteroatoms. The lowest BCUT2D eigenvalue weighted by molar-refractivity contribution is -0.137. The van der Waals surface area contributed by atoms with Crippen LogP contribution in [-0.2, 0) is 4.79 Å². The van der Waals surface area contributed by atoms with Crippen molar-refractivity contribution in [2.24, 2.45) is 0 Å².